The molecule has 0 fully saturated rings. The molecule has 1 aromatic rings. The van der Waals surface area contributed by atoms with Crippen molar-refractivity contribution < 1.29 is 9.53 Å². The molecule has 0 heterocycles. The monoisotopic (exact) mass is 292 g/mol. The number of hydrogen-bond acceptors (Lipinski definition) is 3. The summed E-state index contributed by atoms with van der Waals surface area (Å²) in [5, 5.41) is 3.06. The van der Waals surface area contributed by atoms with Crippen molar-refractivity contribution in [2.75, 3.05) is 7.11 Å². The van der Waals surface area contributed by atoms with Crippen molar-refractivity contribution in [1.82, 2.24) is 5.32 Å². The zero-order valence-corrected chi connectivity index (χ0v) is 13.6. The number of methoxy groups -OCH3 is 1. The van der Waals surface area contributed by atoms with Crippen molar-refractivity contribution >= 4 is 5.91 Å². The van der Waals surface area contributed by atoms with E-state index in [1.165, 1.54) is 0 Å². The van der Waals surface area contributed by atoms with Crippen molar-refractivity contribution in [3.63, 3.8) is 0 Å². The van der Waals surface area contributed by atoms with Gasteiger partial charge in [0.1, 0.15) is 5.75 Å². The summed E-state index contributed by atoms with van der Waals surface area (Å²) in [5.74, 6) is 0.939. The number of nitrogens with one attached hydrogen (secondary N) is 1. The third kappa shape index (κ3) is 6.17. The molecule has 1 aromatic carbocycles. The number of carbonyl (C=O) groups excluding carboxylic acids is 1. The fraction of sp³-hybridized carbons (Fsp3) is 0.588. The van der Waals surface area contributed by atoms with Crippen molar-refractivity contribution in [3.05, 3.63) is 29.8 Å². The Balaban J connectivity index is 2.44. The van der Waals surface area contributed by atoms with Crippen LogP contribution in [0.5, 0.6) is 5.75 Å². The first-order valence-corrected chi connectivity index (χ1v) is 7.64. The molecule has 0 saturated carbocycles. The van der Waals surface area contributed by atoms with Gasteiger partial charge < -0.3 is 15.8 Å². The average molecular weight is 292 g/mol. The molecule has 2 unspecified atom stereocenters. The third-order valence-corrected chi connectivity index (χ3v) is 3.72. The zero-order chi connectivity index (χ0) is 15.8. The standard InChI is InChI=1S/C17H28N2O2/c1-12(6-5-7-13(2)18)17(20)19-14(3)15-8-10-16(21-4)11-9-15/h8-14H,5-7,18H2,1-4H3,(H,19,20)/t12?,13?,14-/m0/s1. The molecule has 118 valence electrons. The second-order valence-corrected chi connectivity index (χ2v) is 5.81. The topological polar surface area (TPSA) is 64.3 Å². The number of rotatable bonds is 8. The van der Waals surface area contributed by atoms with E-state index in [1.54, 1.807) is 7.11 Å². The second-order valence-electron chi connectivity index (χ2n) is 5.81. The van der Waals surface area contributed by atoms with E-state index in [0.29, 0.717) is 0 Å². The summed E-state index contributed by atoms with van der Waals surface area (Å²) < 4.78 is 5.13. The molecule has 3 N–H and O–H groups in total. The van der Waals surface area contributed by atoms with E-state index < -0.39 is 0 Å². The number of amides is 1. The number of benzene rings is 1. The Labute approximate surface area is 128 Å². The van der Waals surface area contributed by atoms with Gasteiger partial charge in [-0.05, 0) is 44.4 Å². The molecule has 0 aromatic heterocycles. The Morgan fingerprint density at radius 2 is 1.81 bits per heavy atom. The van der Waals surface area contributed by atoms with Crippen molar-refractivity contribution in [2.24, 2.45) is 11.7 Å². The van der Waals surface area contributed by atoms with Gasteiger partial charge in [0.05, 0.1) is 13.2 Å². The lowest BCUT2D eigenvalue weighted by Gasteiger charge is -2.18. The highest BCUT2D eigenvalue weighted by atomic mass is 16.5. The first-order valence-electron chi connectivity index (χ1n) is 7.64. The fourth-order valence-corrected chi connectivity index (χ4v) is 2.21. The van der Waals surface area contributed by atoms with E-state index in [9.17, 15) is 4.79 Å². The first-order chi connectivity index (χ1) is 9.93. The molecule has 0 bridgehead atoms. The average Bonchev–Trinajstić information content (AvgIpc) is 2.46. The molecule has 1 rings (SSSR count). The Kier molecular flexibility index (Phi) is 7.23. The summed E-state index contributed by atoms with van der Waals surface area (Å²) in [6.45, 7) is 5.96. The highest BCUT2D eigenvalue weighted by Crippen LogP contribution is 2.18. The fourth-order valence-electron chi connectivity index (χ4n) is 2.21. The molecular weight excluding hydrogens is 264 g/mol. The minimum Gasteiger partial charge on any atom is -0.497 e. The molecule has 3 atom stereocenters. The predicted octanol–water partition coefficient (Wildman–Crippen LogP) is 3.03. The van der Waals surface area contributed by atoms with Crippen LogP contribution < -0.4 is 15.8 Å². The normalized spacial score (nSPS) is 15.1. The van der Waals surface area contributed by atoms with Gasteiger partial charge in [0, 0.05) is 12.0 Å². The second kappa shape index (κ2) is 8.67. The molecule has 4 nitrogen and oxygen atoms in total. The van der Waals surface area contributed by atoms with E-state index in [1.807, 2.05) is 45.0 Å². The minimum atomic E-state index is -0.000659. The molecule has 1 amide bonds. The largest absolute Gasteiger partial charge is 0.497 e. The summed E-state index contributed by atoms with van der Waals surface area (Å²) in [6.07, 6.45) is 2.83. The van der Waals surface area contributed by atoms with Crippen LogP contribution in [0.15, 0.2) is 24.3 Å². The molecule has 0 aliphatic rings. The summed E-state index contributed by atoms with van der Waals surface area (Å²) in [6, 6.07) is 7.97. The van der Waals surface area contributed by atoms with E-state index in [-0.39, 0.29) is 23.9 Å². The Hall–Kier alpha value is -1.55. The highest BCUT2D eigenvalue weighted by molar-refractivity contribution is 5.78. The van der Waals surface area contributed by atoms with Gasteiger partial charge in [-0.3, -0.25) is 4.79 Å². The Bertz CT molecular complexity index is 429. The van der Waals surface area contributed by atoms with Crippen molar-refractivity contribution in [1.29, 1.82) is 0 Å². The number of carbonyl (C=O) groups is 1. The SMILES string of the molecule is COc1ccc([C@H](C)NC(=O)C(C)CCCC(C)N)cc1. The van der Waals surface area contributed by atoms with E-state index >= 15 is 0 Å². The van der Waals surface area contributed by atoms with Crippen LogP contribution in [0.25, 0.3) is 0 Å². The van der Waals surface area contributed by atoms with Crippen LogP contribution in [0.1, 0.15) is 51.6 Å². The first kappa shape index (κ1) is 17.5. The van der Waals surface area contributed by atoms with Crippen LogP contribution in [0.2, 0.25) is 0 Å². The highest BCUT2D eigenvalue weighted by Gasteiger charge is 2.16. The third-order valence-electron chi connectivity index (χ3n) is 3.72. The van der Waals surface area contributed by atoms with Crippen LogP contribution in [0.4, 0.5) is 0 Å². The van der Waals surface area contributed by atoms with Gasteiger partial charge in [0.25, 0.3) is 0 Å². The number of ether oxygens (including phenoxy) is 1. The van der Waals surface area contributed by atoms with Gasteiger partial charge in [0.2, 0.25) is 5.91 Å². The summed E-state index contributed by atoms with van der Waals surface area (Å²) in [7, 11) is 1.64. The van der Waals surface area contributed by atoms with Gasteiger partial charge in [-0.1, -0.05) is 25.5 Å². The predicted molar refractivity (Wildman–Crippen MR) is 86.2 cm³/mol. The molecular formula is C17H28N2O2. The van der Waals surface area contributed by atoms with Crippen molar-refractivity contribution in [3.8, 4) is 5.75 Å². The maximum atomic E-state index is 12.2. The smallest absolute Gasteiger partial charge is 0.223 e. The molecule has 0 spiro atoms. The summed E-state index contributed by atoms with van der Waals surface area (Å²) in [4.78, 5) is 12.2. The molecule has 0 saturated heterocycles. The molecule has 0 radical (unpaired) electrons. The maximum Gasteiger partial charge on any atom is 0.223 e. The maximum absolute atomic E-state index is 12.2. The summed E-state index contributed by atoms with van der Waals surface area (Å²) >= 11 is 0. The minimum absolute atomic E-state index is 0.000659. The Morgan fingerprint density at radius 1 is 1.19 bits per heavy atom. The molecule has 0 aliphatic carbocycles. The Morgan fingerprint density at radius 3 is 2.33 bits per heavy atom. The quantitative estimate of drug-likeness (QED) is 0.774. The molecule has 4 heteroatoms. The zero-order valence-electron chi connectivity index (χ0n) is 13.6. The molecule has 21 heavy (non-hydrogen) atoms. The van der Waals surface area contributed by atoms with Crippen LogP contribution in [-0.4, -0.2) is 19.1 Å². The lowest BCUT2D eigenvalue weighted by molar-refractivity contribution is -0.125. The van der Waals surface area contributed by atoms with Crippen LogP contribution in [0, 0.1) is 5.92 Å². The van der Waals surface area contributed by atoms with E-state index in [0.717, 1.165) is 30.6 Å². The van der Waals surface area contributed by atoms with Gasteiger partial charge in [-0.2, -0.15) is 0 Å². The molecule has 0 aliphatic heterocycles. The van der Waals surface area contributed by atoms with Gasteiger partial charge >= 0.3 is 0 Å². The van der Waals surface area contributed by atoms with Crippen LogP contribution in [-0.2, 0) is 4.79 Å². The number of nitrogens with two attached hydrogens (primary N) is 1. The lowest BCUT2D eigenvalue weighted by Crippen LogP contribution is -2.31. The van der Waals surface area contributed by atoms with Gasteiger partial charge in [-0.15, -0.1) is 0 Å². The van der Waals surface area contributed by atoms with Gasteiger partial charge in [-0.25, -0.2) is 0 Å². The lowest BCUT2D eigenvalue weighted by atomic mass is 10.0. The van der Waals surface area contributed by atoms with E-state index in [2.05, 4.69) is 5.32 Å². The van der Waals surface area contributed by atoms with Crippen molar-refractivity contribution in [2.45, 2.75) is 52.1 Å². The number of hydrogen-bond donors (Lipinski definition) is 2. The van der Waals surface area contributed by atoms with Crippen LogP contribution >= 0.6 is 0 Å². The van der Waals surface area contributed by atoms with E-state index in [4.69, 9.17) is 10.5 Å². The van der Waals surface area contributed by atoms with Crippen LogP contribution in [0.3, 0.4) is 0 Å². The summed E-state index contributed by atoms with van der Waals surface area (Å²) in [5.41, 5.74) is 6.80. The van der Waals surface area contributed by atoms with Gasteiger partial charge in [0.15, 0.2) is 0 Å².